The van der Waals surface area contributed by atoms with E-state index in [2.05, 4.69) is 29.4 Å². The van der Waals surface area contributed by atoms with Crippen LogP contribution in [0.15, 0.2) is 36.5 Å². The van der Waals surface area contributed by atoms with E-state index in [1.807, 2.05) is 30.9 Å². The fourth-order valence-corrected chi connectivity index (χ4v) is 1.89. The summed E-state index contributed by atoms with van der Waals surface area (Å²) in [6.07, 6.45) is 3.90. The number of aryl methyl sites for hydroxylation is 2. The van der Waals surface area contributed by atoms with Crippen LogP contribution in [0.1, 0.15) is 18.9 Å². The predicted octanol–water partition coefficient (Wildman–Crippen LogP) is 2.37. The molecule has 0 aliphatic carbocycles. The smallest absolute Gasteiger partial charge is 0.0678 e. The molecule has 0 spiro atoms. The summed E-state index contributed by atoms with van der Waals surface area (Å²) in [6, 6.07) is 10.9. The van der Waals surface area contributed by atoms with E-state index >= 15 is 0 Å². The molecule has 1 aromatic carbocycles. The van der Waals surface area contributed by atoms with E-state index in [4.69, 9.17) is 5.73 Å². The number of nitrogens with two attached hydrogens (primary N) is 1. The van der Waals surface area contributed by atoms with Gasteiger partial charge in [-0.3, -0.25) is 4.68 Å². The predicted molar refractivity (Wildman–Crippen MR) is 70.6 cm³/mol. The molecule has 2 rings (SSSR count). The standard InChI is InChI=1S/C14H19N3/c1-11(15)3-4-12-5-7-13(8-6-12)14-9-10-16-17(14)2/h5-11H,3-4,15H2,1-2H3/t11-/m0/s1. The SMILES string of the molecule is C[C@H](N)CCc1ccc(-c2ccnn2C)cc1. The van der Waals surface area contributed by atoms with Crippen molar-refractivity contribution in [1.29, 1.82) is 0 Å². The lowest BCUT2D eigenvalue weighted by Gasteiger charge is -2.06. The van der Waals surface area contributed by atoms with Gasteiger partial charge in [0.2, 0.25) is 0 Å². The third kappa shape index (κ3) is 2.94. The van der Waals surface area contributed by atoms with Crippen molar-refractivity contribution >= 4 is 0 Å². The second kappa shape index (κ2) is 5.15. The molecule has 1 atom stereocenters. The van der Waals surface area contributed by atoms with Gasteiger partial charge in [-0.15, -0.1) is 0 Å². The molecular weight excluding hydrogens is 210 g/mol. The first-order valence-electron chi connectivity index (χ1n) is 5.99. The molecule has 0 unspecified atom stereocenters. The van der Waals surface area contributed by atoms with E-state index in [9.17, 15) is 0 Å². The van der Waals surface area contributed by atoms with Gasteiger partial charge in [0.05, 0.1) is 5.69 Å². The Labute approximate surface area is 102 Å². The fraction of sp³-hybridized carbons (Fsp3) is 0.357. The van der Waals surface area contributed by atoms with Gasteiger partial charge in [-0.05, 0) is 37.0 Å². The van der Waals surface area contributed by atoms with Crippen LogP contribution >= 0.6 is 0 Å². The van der Waals surface area contributed by atoms with Crippen LogP contribution in [-0.2, 0) is 13.5 Å². The number of nitrogens with zero attached hydrogens (tertiary/aromatic N) is 2. The summed E-state index contributed by atoms with van der Waals surface area (Å²) < 4.78 is 1.89. The van der Waals surface area contributed by atoms with Crippen molar-refractivity contribution in [3.63, 3.8) is 0 Å². The van der Waals surface area contributed by atoms with Crippen LogP contribution in [-0.4, -0.2) is 15.8 Å². The van der Waals surface area contributed by atoms with E-state index in [0.717, 1.165) is 18.5 Å². The average Bonchev–Trinajstić information content (AvgIpc) is 2.73. The van der Waals surface area contributed by atoms with Crippen molar-refractivity contribution in [2.24, 2.45) is 12.8 Å². The lowest BCUT2D eigenvalue weighted by Crippen LogP contribution is -2.15. The zero-order chi connectivity index (χ0) is 12.3. The molecule has 0 saturated carbocycles. The molecule has 0 fully saturated rings. The summed E-state index contributed by atoms with van der Waals surface area (Å²) in [5.74, 6) is 0. The third-order valence-electron chi connectivity index (χ3n) is 2.96. The van der Waals surface area contributed by atoms with Gasteiger partial charge in [-0.25, -0.2) is 0 Å². The normalized spacial score (nSPS) is 12.6. The second-order valence-electron chi connectivity index (χ2n) is 4.55. The van der Waals surface area contributed by atoms with E-state index in [0.29, 0.717) is 0 Å². The molecule has 0 saturated heterocycles. The molecule has 3 nitrogen and oxygen atoms in total. The summed E-state index contributed by atoms with van der Waals surface area (Å²) in [5.41, 5.74) is 9.44. The van der Waals surface area contributed by atoms with Crippen LogP contribution in [0.4, 0.5) is 0 Å². The summed E-state index contributed by atoms with van der Waals surface area (Å²) in [7, 11) is 1.96. The molecule has 2 aromatic rings. The molecular formula is C14H19N3. The van der Waals surface area contributed by atoms with Crippen LogP contribution in [0, 0.1) is 0 Å². The molecule has 17 heavy (non-hydrogen) atoms. The van der Waals surface area contributed by atoms with E-state index in [-0.39, 0.29) is 6.04 Å². The molecule has 90 valence electrons. The molecule has 1 heterocycles. The number of aromatic nitrogens is 2. The van der Waals surface area contributed by atoms with Gasteiger partial charge < -0.3 is 5.73 Å². The van der Waals surface area contributed by atoms with E-state index < -0.39 is 0 Å². The number of benzene rings is 1. The molecule has 0 radical (unpaired) electrons. The number of hydrogen-bond acceptors (Lipinski definition) is 2. The van der Waals surface area contributed by atoms with Gasteiger partial charge in [0.15, 0.2) is 0 Å². The van der Waals surface area contributed by atoms with Crippen molar-refractivity contribution in [3.8, 4) is 11.3 Å². The highest BCUT2D eigenvalue weighted by Crippen LogP contribution is 2.19. The lowest BCUT2D eigenvalue weighted by atomic mass is 10.0. The topological polar surface area (TPSA) is 43.8 Å². The molecule has 0 amide bonds. The maximum Gasteiger partial charge on any atom is 0.0678 e. The van der Waals surface area contributed by atoms with Crippen molar-refractivity contribution < 1.29 is 0 Å². The Morgan fingerprint density at radius 3 is 2.47 bits per heavy atom. The van der Waals surface area contributed by atoms with Crippen molar-refractivity contribution in [2.75, 3.05) is 0 Å². The Kier molecular flexibility index (Phi) is 3.59. The summed E-state index contributed by atoms with van der Waals surface area (Å²) in [5, 5.41) is 4.18. The maximum atomic E-state index is 5.76. The Morgan fingerprint density at radius 1 is 1.24 bits per heavy atom. The summed E-state index contributed by atoms with van der Waals surface area (Å²) in [6.45, 7) is 2.05. The minimum absolute atomic E-state index is 0.270. The highest BCUT2D eigenvalue weighted by Gasteiger charge is 2.02. The molecule has 1 aromatic heterocycles. The van der Waals surface area contributed by atoms with Crippen LogP contribution in [0.25, 0.3) is 11.3 Å². The van der Waals surface area contributed by atoms with E-state index in [1.165, 1.54) is 11.1 Å². The highest BCUT2D eigenvalue weighted by atomic mass is 15.2. The minimum atomic E-state index is 0.270. The first kappa shape index (κ1) is 11.9. The second-order valence-corrected chi connectivity index (χ2v) is 4.55. The zero-order valence-electron chi connectivity index (χ0n) is 10.4. The molecule has 0 aliphatic heterocycles. The summed E-state index contributed by atoms with van der Waals surface area (Å²) in [4.78, 5) is 0. The summed E-state index contributed by atoms with van der Waals surface area (Å²) >= 11 is 0. The fourth-order valence-electron chi connectivity index (χ4n) is 1.89. The lowest BCUT2D eigenvalue weighted by molar-refractivity contribution is 0.666. The van der Waals surface area contributed by atoms with Gasteiger partial charge in [0, 0.05) is 19.3 Å². The van der Waals surface area contributed by atoms with Gasteiger partial charge in [0.25, 0.3) is 0 Å². The van der Waals surface area contributed by atoms with Gasteiger partial charge in [-0.1, -0.05) is 24.3 Å². The molecule has 3 heteroatoms. The Bertz CT molecular complexity index is 468. The average molecular weight is 229 g/mol. The monoisotopic (exact) mass is 229 g/mol. The van der Waals surface area contributed by atoms with Gasteiger partial charge in [-0.2, -0.15) is 5.10 Å². The molecule has 0 bridgehead atoms. The Hall–Kier alpha value is -1.61. The first-order chi connectivity index (χ1) is 8.16. The largest absolute Gasteiger partial charge is 0.328 e. The van der Waals surface area contributed by atoms with Gasteiger partial charge in [0.1, 0.15) is 0 Å². The molecule has 0 aliphatic rings. The van der Waals surface area contributed by atoms with Crippen LogP contribution in [0.3, 0.4) is 0 Å². The number of hydrogen-bond donors (Lipinski definition) is 1. The van der Waals surface area contributed by atoms with Crippen LogP contribution < -0.4 is 5.73 Å². The van der Waals surface area contributed by atoms with Crippen molar-refractivity contribution in [2.45, 2.75) is 25.8 Å². The van der Waals surface area contributed by atoms with Crippen molar-refractivity contribution in [3.05, 3.63) is 42.1 Å². The quantitative estimate of drug-likeness (QED) is 0.874. The zero-order valence-corrected chi connectivity index (χ0v) is 10.4. The van der Waals surface area contributed by atoms with Crippen molar-refractivity contribution in [1.82, 2.24) is 9.78 Å². The Morgan fingerprint density at radius 2 is 1.94 bits per heavy atom. The number of rotatable bonds is 4. The third-order valence-corrected chi connectivity index (χ3v) is 2.96. The molecule has 2 N–H and O–H groups in total. The van der Waals surface area contributed by atoms with Gasteiger partial charge >= 0.3 is 0 Å². The minimum Gasteiger partial charge on any atom is -0.328 e. The van der Waals surface area contributed by atoms with E-state index in [1.54, 1.807) is 0 Å². The van der Waals surface area contributed by atoms with Crippen LogP contribution in [0.5, 0.6) is 0 Å². The van der Waals surface area contributed by atoms with Crippen LogP contribution in [0.2, 0.25) is 0 Å². The maximum absolute atomic E-state index is 5.76. The Balaban J connectivity index is 2.11. The first-order valence-corrected chi connectivity index (χ1v) is 5.99. The highest BCUT2D eigenvalue weighted by molar-refractivity contribution is 5.59.